The first-order chi connectivity index (χ1) is 7.34. The van der Waals surface area contributed by atoms with Crippen molar-refractivity contribution in [2.75, 3.05) is 0 Å². The summed E-state index contributed by atoms with van der Waals surface area (Å²) in [5.74, 6) is 0.839. The van der Waals surface area contributed by atoms with Gasteiger partial charge in [-0.15, -0.1) is 0 Å². The van der Waals surface area contributed by atoms with Gasteiger partial charge in [-0.1, -0.05) is 34.1 Å². The Bertz CT molecular complexity index is 245. The van der Waals surface area contributed by atoms with Gasteiger partial charge in [-0.2, -0.15) is 0 Å². The molecule has 0 aromatic heterocycles. The number of amides is 1. The Hall–Kier alpha value is -0.570. The summed E-state index contributed by atoms with van der Waals surface area (Å²) in [5, 5.41) is 3.07. The minimum Gasteiger partial charge on any atom is -0.353 e. The Morgan fingerprint density at radius 3 is 2.62 bits per heavy atom. The molecule has 0 spiro atoms. The second-order valence-corrected chi connectivity index (χ2v) is 6.14. The number of nitrogens with one attached hydrogen (secondary N) is 1. The maximum Gasteiger partial charge on any atom is 0.221 e. The Kier molecular flexibility index (Phi) is 4.36. The lowest BCUT2D eigenvalue weighted by molar-refractivity contribution is -0.122. The predicted molar refractivity (Wildman–Crippen MR) is 67.0 cm³/mol. The van der Waals surface area contributed by atoms with Gasteiger partial charge in [-0.05, 0) is 24.2 Å². The van der Waals surface area contributed by atoms with Gasteiger partial charge in [0.05, 0.1) is 0 Å². The van der Waals surface area contributed by atoms with Crippen LogP contribution in [0.5, 0.6) is 0 Å². The number of rotatable bonds is 5. The third kappa shape index (κ3) is 4.12. The first-order valence-corrected chi connectivity index (χ1v) is 6.39. The van der Waals surface area contributed by atoms with Gasteiger partial charge in [0.25, 0.3) is 0 Å². The molecule has 0 aromatic carbocycles. The Balaban J connectivity index is 2.22. The van der Waals surface area contributed by atoms with Crippen molar-refractivity contribution in [3.8, 4) is 0 Å². The van der Waals surface area contributed by atoms with Crippen LogP contribution in [-0.4, -0.2) is 18.0 Å². The molecule has 3 N–H and O–H groups in total. The van der Waals surface area contributed by atoms with Crippen LogP contribution in [0.4, 0.5) is 0 Å². The molecule has 1 amide bonds. The van der Waals surface area contributed by atoms with E-state index in [4.69, 9.17) is 5.73 Å². The van der Waals surface area contributed by atoms with Gasteiger partial charge < -0.3 is 11.1 Å². The highest BCUT2D eigenvalue weighted by Crippen LogP contribution is 2.34. The number of hydrogen-bond acceptors (Lipinski definition) is 2. The van der Waals surface area contributed by atoms with Gasteiger partial charge in [0.2, 0.25) is 5.91 Å². The van der Waals surface area contributed by atoms with Crippen LogP contribution in [0, 0.1) is 11.3 Å². The van der Waals surface area contributed by atoms with Crippen LogP contribution in [0.15, 0.2) is 0 Å². The monoisotopic (exact) mass is 226 g/mol. The first kappa shape index (κ1) is 13.5. The predicted octanol–water partition coefficient (Wildman–Crippen LogP) is 2.05. The van der Waals surface area contributed by atoms with Crippen molar-refractivity contribution in [2.45, 2.75) is 65.5 Å². The van der Waals surface area contributed by atoms with E-state index >= 15 is 0 Å². The number of carbonyl (C=O) groups is 1. The maximum absolute atomic E-state index is 11.7. The minimum atomic E-state index is -0.0594. The van der Waals surface area contributed by atoms with Crippen LogP contribution < -0.4 is 11.1 Å². The second-order valence-electron chi connectivity index (χ2n) is 6.14. The summed E-state index contributed by atoms with van der Waals surface area (Å²) in [5.41, 5.74) is 5.98. The van der Waals surface area contributed by atoms with Gasteiger partial charge in [0, 0.05) is 18.5 Å². The van der Waals surface area contributed by atoms with Crippen molar-refractivity contribution in [2.24, 2.45) is 17.1 Å². The zero-order chi connectivity index (χ0) is 12.3. The van der Waals surface area contributed by atoms with E-state index in [2.05, 4.69) is 33.0 Å². The molecule has 1 aliphatic carbocycles. The Labute approximate surface area is 99.2 Å². The molecule has 0 radical (unpaired) electrons. The minimum absolute atomic E-state index is 0.00368. The van der Waals surface area contributed by atoms with Crippen molar-refractivity contribution in [3.05, 3.63) is 0 Å². The van der Waals surface area contributed by atoms with Gasteiger partial charge in [0.1, 0.15) is 0 Å². The van der Waals surface area contributed by atoms with Crippen LogP contribution in [0.25, 0.3) is 0 Å². The molecule has 1 aliphatic rings. The van der Waals surface area contributed by atoms with Gasteiger partial charge in [0.15, 0.2) is 0 Å². The smallest absolute Gasteiger partial charge is 0.221 e. The van der Waals surface area contributed by atoms with E-state index in [1.807, 2.05) is 0 Å². The number of hydrogen-bond donors (Lipinski definition) is 2. The molecule has 0 saturated heterocycles. The highest BCUT2D eigenvalue weighted by atomic mass is 16.1. The van der Waals surface area contributed by atoms with E-state index in [1.165, 1.54) is 12.8 Å². The SMILES string of the molecule is CCCC1CC1NC(=O)CC(N)C(C)(C)C. The Morgan fingerprint density at radius 2 is 2.12 bits per heavy atom. The summed E-state index contributed by atoms with van der Waals surface area (Å²) in [4.78, 5) is 11.7. The van der Waals surface area contributed by atoms with Crippen LogP contribution >= 0.6 is 0 Å². The zero-order valence-corrected chi connectivity index (χ0v) is 11.0. The Morgan fingerprint density at radius 1 is 1.50 bits per heavy atom. The van der Waals surface area contributed by atoms with Crippen molar-refractivity contribution in [1.82, 2.24) is 5.32 Å². The van der Waals surface area contributed by atoms with Gasteiger partial charge in [-0.25, -0.2) is 0 Å². The first-order valence-electron chi connectivity index (χ1n) is 6.39. The van der Waals surface area contributed by atoms with E-state index in [0.29, 0.717) is 12.5 Å². The highest BCUT2D eigenvalue weighted by molar-refractivity contribution is 5.77. The van der Waals surface area contributed by atoms with Gasteiger partial charge in [-0.3, -0.25) is 4.79 Å². The molecular weight excluding hydrogens is 200 g/mol. The fourth-order valence-electron chi connectivity index (χ4n) is 1.89. The van der Waals surface area contributed by atoms with E-state index in [-0.39, 0.29) is 17.4 Å². The van der Waals surface area contributed by atoms with Crippen molar-refractivity contribution >= 4 is 5.91 Å². The molecule has 3 atom stereocenters. The topological polar surface area (TPSA) is 55.1 Å². The fraction of sp³-hybridized carbons (Fsp3) is 0.923. The molecule has 0 aromatic rings. The quantitative estimate of drug-likeness (QED) is 0.754. The molecule has 94 valence electrons. The molecule has 16 heavy (non-hydrogen) atoms. The number of nitrogens with two attached hydrogens (primary N) is 1. The lowest BCUT2D eigenvalue weighted by atomic mass is 9.85. The van der Waals surface area contributed by atoms with Crippen molar-refractivity contribution in [3.63, 3.8) is 0 Å². The molecule has 0 heterocycles. The summed E-state index contributed by atoms with van der Waals surface area (Å²) in [7, 11) is 0. The summed E-state index contributed by atoms with van der Waals surface area (Å²) in [6.07, 6.45) is 4.04. The standard InChI is InChI=1S/C13H26N2O/c1-5-6-9-7-10(9)15-12(16)8-11(14)13(2,3)4/h9-11H,5-8,14H2,1-4H3,(H,15,16). The summed E-state index contributed by atoms with van der Waals surface area (Å²) < 4.78 is 0. The molecule has 3 unspecified atom stereocenters. The third-order valence-corrected chi connectivity index (χ3v) is 3.45. The zero-order valence-electron chi connectivity index (χ0n) is 11.0. The molecule has 1 rings (SSSR count). The van der Waals surface area contributed by atoms with E-state index in [0.717, 1.165) is 12.3 Å². The summed E-state index contributed by atoms with van der Waals surface area (Å²) >= 11 is 0. The van der Waals surface area contributed by atoms with E-state index in [9.17, 15) is 4.79 Å². The van der Waals surface area contributed by atoms with E-state index < -0.39 is 0 Å². The lowest BCUT2D eigenvalue weighted by Crippen LogP contribution is -2.40. The normalized spacial score (nSPS) is 26.3. The molecule has 1 fully saturated rings. The molecule has 0 bridgehead atoms. The molecular formula is C13H26N2O. The van der Waals surface area contributed by atoms with Crippen LogP contribution in [0.3, 0.4) is 0 Å². The molecule has 0 aliphatic heterocycles. The highest BCUT2D eigenvalue weighted by Gasteiger charge is 2.37. The second kappa shape index (κ2) is 5.17. The summed E-state index contributed by atoms with van der Waals surface area (Å²) in [6.45, 7) is 8.40. The lowest BCUT2D eigenvalue weighted by Gasteiger charge is -2.26. The largest absolute Gasteiger partial charge is 0.353 e. The van der Waals surface area contributed by atoms with Crippen LogP contribution in [0.2, 0.25) is 0 Å². The molecule has 1 saturated carbocycles. The molecule has 3 nitrogen and oxygen atoms in total. The van der Waals surface area contributed by atoms with Crippen molar-refractivity contribution < 1.29 is 4.79 Å². The average Bonchev–Trinajstić information content (AvgIpc) is 2.82. The fourth-order valence-corrected chi connectivity index (χ4v) is 1.89. The third-order valence-electron chi connectivity index (χ3n) is 3.45. The maximum atomic E-state index is 11.7. The number of carbonyl (C=O) groups excluding carboxylic acids is 1. The van der Waals surface area contributed by atoms with Crippen LogP contribution in [-0.2, 0) is 4.79 Å². The van der Waals surface area contributed by atoms with Crippen LogP contribution in [0.1, 0.15) is 53.4 Å². The molecule has 3 heteroatoms. The average molecular weight is 226 g/mol. The summed E-state index contributed by atoms with van der Waals surface area (Å²) in [6, 6.07) is 0.371. The van der Waals surface area contributed by atoms with Crippen molar-refractivity contribution in [1.29, 1.82) is 0 Å². The van der Waals surface area contributed by atoms with Gasteiger partial charge >= 0.3 is 0 Å². The van der Waals surface area contributed by atoms with E-state index in [1.54, 1.807) is 0 Å².